The lowest BCUT2D eigenvalue weighted by Crippen LogP contribution is -2.44. The second kappa shape index (κ2) is 8.72. The quantitative estimate of drug-likeness (QED) is 0.392. The molecule has 2 aromatic rings. The maximum absolute atomic E-state index is 12.4. The minimum Gasteiger partial charge on any atom is -0.456 e. The Morgan fingerprint density at radius 1 is 1.06 bits per heavy atom. The van der Waals surface area contributed by atoms with Crippen LogP contribution in [-0.4, -0.2) is 32.4 Å². The van der Waals surface area contributed by atoms with Crippen molar-refractivity contribution in [1.29, 1.82) is 0 Å². The van der Waals surface area contributed by atoms with Gasteiger partial charge in [0, 0.05) is 0 Å². The summed E-state index contributed by atoms with van der Waals surface area (Å²) in [5, 5.41) is 0.117. The summed E-state index contributed by atoms with van der Waals surface area (Å²) >= 11 is 0. The van der Waals surface area contributed by atoms with Crippen LogP contribution in [0.25, 0.3) is 0 Å². The van der Waals surface area contributed by atoms with Crippen molar-refractivity contribution in [3.63, 3.8) is 0 Å². The van der Waals surface area contributed by atoms with Gasteiger partial charge in [-0.2, -0.15) is 0 Å². The highest BCUT2D eigenvalue weighted by atomic mass is 28.4. The monoisotopic (exact) mass is 447 g/mol. The van der Waals surface area contributed by atoms with Crippen LogP contribution in [0.2, 0.25) is 18.1 Å². The molecule has 2 heterocycles. The fourth-order valence-electron chi connectivity index (χ4n) is 4.05. The lowest BCUT2D eigenvalue weighted by atomic mass is 9.94. The van der Waals surface area contributed by atoms with Gasteiger partial charge in [-0.3, -0.25) is 0 Å². The van der Waals surface area contributed by atoms with E-state index in [1.807, 2.05) is 18.2 Å². The average Bonchev–Trinajstić information content (AvgIpc) is 3.15. The predicted octanol–water partition coefficient (Wildman–Crippen LogP) is 6.17. The van der Waals surface area contributed by atoms with Crippen molar-refractivity contribution in [2.45, 2.75) is 51.0 Å². The fraction of sp³-hybridized carbons (Fsp3) is 0.370. The normalized spacial score (nSPS) is 19.7. The van der Waals surface area contributed by atoms with Crippen molar-refractivity contribution in [2.75, 3.05) is 13.2 Å². The van der Waals surface area contributed by atoms with Gasteiger partial charge < -0.3 is 14.1 Å². The highest BCUT2D eigenvalue weighted by molar-refractivity contribution is 6.74. The molecule has 0 aliphatic carbocycles. The second-order valence-electron chi connectivity index (χ2n) is 10.1. The SMILES string of the molecule is CC(C)(C)[Si](C)(C)OC[C@@H](c1ccccc1)N1C2=C(C=CC1c1ccccc1)C(=O)OC2. The summed E-state index contributed by atoms with van der Waals surface area (Å²) in [5.41, 5.74) is 3.96. The van der Waals surface area contributed by atoms with Crippen LogP contribution in [0.1, 0.15) is 44.0 Å². The third-order valence-corrected chi connectivity index (χ3v) is 11.5. The van der Waals surface area contributed by atoms with Gasteiger partial charge in [-0.05, 0) is 35.3 Å². The number of carbonyl (C=O) groups is 1. The van der Waals surface area contributed by atoms with E-state index in [2.05, 4.69) is 93.4 Å². The smallest absolute Gasteiger partial charge is 0.340 e. The molecule has 2 aromatic carbocycles. The molecule has 32 heavy (non-hydrogen) atoms. The molecule has 2 atom stereocenters. The zero-order valence-corrected chi connectivity index (χ0v) is 20.7. The van der Waals surface area contributed by atoms with Gasteiger partial charge >= 0.3 is 5.97 Å². The molecule has 0 saturated heterocycles. The number of cyclic esters (lactones) is 1. The van der Waals surface area contributed by atoms with E-state index in [1.54, 1.807) is 0 Å². The first-order valence-corrected chi connectivity index (χ1v) is 14.2. The van der Waals surface area contributed by atoms with Crippen LogP contribution in [0.15, 0.2) is 84.1 Å². The number of benzene rings is 2. The minimum atomic E-state index is -1.97. The van der Waals surface area contributed by atoms with E-state index in [0.717, 1.165) is 5.70 Å². The summed E-state index contributed by atoms with van der Waals surface area (Å²) in [4.78, 5) is 14.8. The standard InChI is InChI=1S/C27H33NO3Si/c1-27(2,3)32(4,5)31-19-24(21-14-10-7-11-15-21)28-23(20-12-8-6-9-13-20)17-16-22-25(28)18-30-26(22)29/h6-17,23-24H,18-19H2,1-5H3/t23?,24-/m0/s1. The van der Waals surface area contributed by atoms with Gasteiger partial charge in [-0.25, -0.2) is 4.79 Å². The number of rotatable bonds is 6. The molecule has 4 rings (SSSR count). The number of hydrogen-bond acceptors (Lipinski definition) is 4. The zero-order chi connectivity index (χ0) is 22.9. The van der Waals surface area contributed by atoms with Crippen LogP contribution in [0, 0.1) is 0 Å². The van der Waals surface area contributed by atoms with Gasteiger partial charge in [-0.15, -0.1) is 0 Å². The fourth-order valence-corrected chi connectivity index (χ4v) is 5.06. The van der Waals surface area contributed by atoms with Crippen molar-refractivity contribution < 1.29 is 14.0 Å². The first-order chi connectivity index (χ1) is 15.2. The Labute approximate surface area is 192 Å². The van der Waals surface area contributed by atoms with E-state index in [1.165, 1.54) is 11.1 Å². The molecule has 2 aliphatic heterocycles. The Kier molecular flexibility index (Phi) is 6.14. The first-order valence-electron chi connectivity index (χ1n) is 11.3. The zero-order valence-electron chi connectivity index (χ0n) is 19.7. The van der Waals surface area contributed by atoms with E-state index in [0.29, 0.717) is 18.8 Å². The number of nitrogens with zero attached hydrogens (tertiary/aromatic N) is 1. The van der Waals surface area contributed by atoms with Gasteiger partial charge in [-0.1, -0.05) is 87.5 Å². The molecule has 0 radical (unpaired) electrons. The summed E-state index contributed by atoms with van der Waals surface area (Å²) in [5.74, 6) is -0.245. The Bertz CT molecular complexity index is 1020. The van der Waals surface area contributed by atoms with Crippen LogP contribution >= 0.6 is 0 Å². The number of esters is 1. The second-order valence-corrected chi connectivity index (χ2v) is 14.9. The van der Waals surface area contributed by atoms with Gasteiger partial charge in [0.25, 0.3) is 0 Å². The molecule has 4 nitrogen and oxygen atoms in total. The molecule has 0 N–H and O–H groups in total. The van der Waals surface area contributed by atoms with E-state index in [4.69, 9.17) is 9.16 Å². The lowest BCUT2D eigenvalue weighted by Gasteiger charge is -2.44. The van der Waals surface area contributed by atoms with Crippen LogP contribution in [0.3, 0.4) is 0 Å². The van der Waals surface area contributed by atoms with Gasteiger partial charge in [0.15, 0.2) is 8.32 Å². The van der Waals surface area contributed by atoms with Crippen molar-refractivity contribution in [2.24, 2.45) is 0 Å². The molecule has 0 amide bonds. The van der Waals surface area contributed by atoms with E-state index in [-0.39, 0.29) is 23.1 Å². The molecule has 0 fully saturated rings. The highest BCUT2D eigenvalue weighted by Crippen LogP contribution is 2.43. The van der Waals surface area contributed by atoms with Crippen LogP contribution < -0.4 is 0 Å². The third-order valence-electron chi connectivity index (χ3n) is 7.00. The van der Waals surface area contributed by atoms with Gasteiger partial charge in [0.1, 0.15) is 6.61 Å². The third kappa shape index (κ3) is 4.32. The molecule has 0 saturated carbocycles. The summed E-state index contributed by atoms with van der Waals surface area (Å²) in [6, 6.07) is 20.9. The first kappa shape index (κ1) is 22.6. The Morgan fingerprint density at radius 2 is 1.69 bits per heavy atom. The van der Waals surface area contributed by atoms with Gasteiger partial charge in [0.2, 0.25) is 0 Å². The van der Waals surface area contributed by atoms with Crippen LogP contribution in [0.5, 0.6) is 0 Å². The topological polar surface area (TPSA) is 38.8 Å². The van der Waals surface area contributed by atoms with Crippen molar-refractivity contribution in [3.8, 4) is 0 Å². The van der Waals surface area contributed by atoms with E-state index in [9.17, 15) is 4.79 Å². The Balaban J connectivity index is 1.78. The minimum absolute atomic E-state index is 0.00216. The lowest BCUT2D eigenvalue weighted by molar-refractivity contribution is -0.135. The summed E-state index contributed by atoms with van der Waals surface area (Å²) in [7, 11) is -1.97. The molecule has 0 bridgehead atoms. The molecular weight excluding hydrogens is 414 g/mol. The number of hydrogen-bond donors (Lipinski definition) is 0. The van der Waals surface area contributed by atoms with E-state index < -0.39 is 8.32 Å². The van der Waals surface area contributed by atoms with Crippen molar-refractivity contribution in [3.05, 3.63) is 95.2 Å². The molecule has 0 aromatic heterocycles. The Hall–Kier alpha value is -2.63. The maximum Gasteiger partial charge on any atom is 0.340 e. The molecule has 2 aliphatic rings. The Morgan fingerprint density at radius 3 is 2.31 bits per heavy atom. The van der Waals surface area contributed by atoms with Crippen LogP contribution in [-0.2, 0) is 14.0 Å². The van der Waals surface area contributed by atoms with Crippen molar-refractivity contribution >= 4 is 14.3 Å². The van der Waals surface area contributed by atoms with Crippen molar-refractivity contribution in [1.82, 2.24) is 4.90 Å². The molecule has 5 heteroatoms. The summed E-state index contributed by atoms with van der Waals surface area (Å²) in [6.07, 6.45) is 4.04. The summed E-state index contributed by atoms with van der Waals surface area (Å²) in [6.45, 7) is 12.2. The van der Waals surface area contributed by atoms with E-state index >= 15 is 0 Å². The molecular formula is C27H33NO3Si. The number of ether oxygens (including phenoxy) is 1. The maximum atomic E-state index is 12.4. The predicted molar refractivity (Wildman–Crippen MR) is 130 cm³/mol. The number of carbonyl (C=O) groups excluding carboxylic acids is 1. The molecule has 168 valence electrons. The van der Waals surface area contributed by atoms with Crippen LogP contribution in [0.4, 0.5) is 0 Å². The molecule has 0 spiro atoms. The largest absolute Gasteiger partial charge is 0.456 e. The highest BCUT2D eigenvalue weighted by Gasteiger charge is 2.41. The molecule has 1 unspecified atom stereocenters. The average molecular weight is 448 g/mol. The summed E-state index contributed by atoms with van der Waals surface area (Å²) < 4.78 is 12.2. The van der Waals surface area contributed by atoms with Gasteiger partial charge in [0.05, 0.1) is 30.0 Å².